The van der Waals surface area contributed by atoms with Crippen LogP contribution in [0.15, 0.2) is 53.4 Å². The van der Waals surface area contributed by atoms with E-state index in [9.17, 15) is 18.5 Å². The zero-order valence-electron chi connectivity index (χ0n) is 10.6. The van der Waals surface area contributed by atoms with E-state index in [1.54, 1.807) is 24.3 Å². The van der Waals surface area contributed by atoms with E-state index in [-0.39, 0.29) is 16.3 Å². The number of para-hydroxylation sites is 1. The molecule has 0 atom stereocenters. The minimum Gasteiger partial charge on any atom is -0.350 e. The molecule has 0 aliphatic rings. The van der Waals surface area contributed by atoms with Crippen molar-refractivity contribution in [2.75, 3.05) is 11.6 Å². The Kier molecular flexibility index (Phi) is 3.71. The van der Waals surface area contributed by atoms with Crippen molar-refractivity contribution in [3.63, 3.8) is 0 Å². The summed E-state index contributed by atoms with van der Waals surface area (Å²) in [5.74, 6) is 0. The molecule has 0 unspecified atom stereocenters. The summed E-state index contributed by atoms with van der Waals surface area (Å²) in [6.07, 6.45) is 1.01. The maximum absolute atomic E-state index is 11.4. The summed E-state index contributed by atoms with van der Waals surface area (Å²) in [5, 5.41) is 14.0. The molecule has 1 N–H and O–H groups in total. The lowest BCUT2D eigenvalue weighted by atomic mass is 10.2. The SMILES string of the molecule is CS(=O)(=O)c1ccc(Nc2ccccc2)c([N+](=O)[O-])c1. The highest BCUT2D eigenvalue weighted by Crippen LogP contribution is 2.30. The van der Waals surface area contributed by atoms with Gasteiger partial charge in [-0.1, -0.05) is 18.2 Å². The number of nitro benzene ring substituents is 1. The highest BCUT2D eigenvalue weighted by atomic mass is 32.2. The lowest BCUT2D eigenvalue weighted by Crippen LogP contribution is -2.01. The maximum atomic E-state index is 11.4. The van der Waals surface area contributed by atoms with Gasteiger partial charge < -0.3 is 5.32 Å². The first-order valence-corrected chi connectivity index (χ1v) is 7.57. The lowest BCUT2D eigenvalue weighted by Gasteiger charge is -2.08. The first kappa shape index (κ1) is 14.0. The minimum atomic E-state index is -3.48. The van der Waals surface area contributed by atoms with E-state index in [2.05, 4.69) is 5.32 Å². The fourth-order valence-electron chi connectivity index (χ4n) is 1.68. The molecule has 0 saturated carbocycles. The van der Waals surface area contributed by atoms with Gasteiger partial charge in [0.1, 0.15) is 5.69 Å². The largest absolute Gasteiger partial charge is 0.350 e. The van der Waals surface area contributed by atoms with E-state index in [0.717, 1.165) is 12.3 Å². The first-order valence-electron chi connectivity index (χ1n) is 5.68. The smallest absolute Gasteiger partial charge is 0.293 e. The standard InChI is InChI=1S/C13H12N2O4S/c1-20(18,19)11-7-8-12(13(9-11)15(16)17)14-10-5-3-2-4-6-10/h2-9,14H,1H3. The van der Waals surface area contributed by atoms with Crippen LogP contribution in [0.3, 0.4) is 0 Å². The van der Waals surface area contributed by atoms with Gasteiger partial charge in [-0.2, -0.15) is 0 Å². The first-order chi connectivity index (χ1) is 9.38. The fraction of sp³-hybridized carbons (Fsp3) is 0.0769. The minimum absolute atomic E-state index is 0.0807. The van der Waals surface area contributed by atoms with E-state index >= 15 is 0 Å². The molecule has 0 aliphatic carbocycles. The van der Waals surface area contributed by atoms with E-state index in [4.69, 9.17) is 0 Å². The van der Waals surface area contributed by atoms with Gasteiger partial charge in [0.15, 0.2) is 9.84 Å². The number of nitrogens with one attached hydrogen (secondary N) is 1. The third kappa shape index (κ3) is 3.12. The number of benzene rings is 2. The van der Waals surface area contributed by atoms with Crippen molar-refractivity contribution in [3.8, 4) is 0 Å². The van der Waals surface area contributed by atoms with Crippen LogP contribution in [-0.2, 0) is 9.84 Å². The molecule has 0 amide bonds. The molecule has 0 bridgehead atoms. The van der Waals surface area contributed by atoms with Gasteiger partial charge in [0.2, 0.25) is 0 Å². The average Bonchev–Trinajstić information content (AvgIpc) is 2.38. The van der Waals surface area contributed by atoms with Crippen molar-refractivity contribution in [1.29, 1.82) is 0 Å². The predicted octanol–water partition coefficient (Wildman–Crippen LogP) is 2.74. The Hall–Kier alpha value is -2.41. The molecule has 0 aliphatic heterocycles. The molecular weight excluding hydrogens is 280 g/mol. The Morgan fingerprint density at radius 2 is 1.75 bits per heavy atom. The van der Waals surface area contributed by atoms with Gasteiger partial charge >= 0.3 is 0 Å². The van der Waals surface area contributed by atoms with Crippen molar-refractivity contribution < 1.29 is 13.3 Å². The van der Waals surface area contributed by atoms with E-state index < -0.39 is 14.8 Å². The molecule has 0 spiro atoms. The highest BCUT2D eigenvalue weighted by molar-refractivity contribution is 7.90. The van der Waals surface area contributed by atoms with E-state index in [0.29, 0.717) is 5.69 Å². The molecule has 0 saturated heterocycles. The number of hydrogen-bond donors (Lipinski definition) is 1. The topological polar surface area (TPSA) is 89.3 Å². The predicted molar refractivity (Wildman–Crippen MR) is 75.9 cm³/mol. The van der Waals surface area contributed by atoms with Gasteiger partial charge in [-0.15, -0.1) is 0 Å². The molecule has 0 fully saturated rings. The van der Waals surface area contributed by atoms with Gasteiger partial charge in [-0.05, 0) is 24.3 Å². The molecule has 2 aromatic carbocycles. The zero-order valence-corrected chi connectivity index (χ0v) is 11.4. The van der Waals surface area contributed by atoms with Crippen LogP contribution < -0.4 is 5.32 Å². The molecule has 0 aromatic heterocycles. The Labute approximate surface area is 116 Å². The van der Waals surface area contributed by atoms with Gasteiger partial charge in [-0.3, -0.25) is 10.1 Å². The van der Waals surface area contributed by atoms with Gasteiger partial charge in [-0.25, -0.2) is 8.42 Å². The van der Waals surface area contributed by atoms with Crippen molar-refractivity contribution in [3.05, 3.63) is 58.6 Å². The van der Waals surface area contributed by atoms with Crippen LogP contribution in [-0.4, -0.2) is 19.6 Å². The van der Waals surface area contributed by atoms with Crippen LogP contribution >= 0.6 is 0 Å². The second-order valence-corrected chi connectivity index (χ2v) is 6.21. The lowest BCUT2D eigenvalue weighted by molar-refractivity contribution is -0.384. The Bertz CT molecular complexity index is 742. The normalized spacial score (nSPS) is 11.1. The average molecular weight is 292 g/mol. The molecule has 20 heavy (non-hydrogen) atoms. The number of nitrogens with zero attached hydrogens (tertiary/aromatic N) is 1. The quantitative estimate of drug-likeness (QED) is 0.691. The van der Waals surface area contributed by atoms with Crippen LogP contribution in [0.1, 0.15) is 0 Å². The van der Waals surface area contributed by atoms with Crippen molar-refractivity contribution in [1.82, 2.24) is 0 Å². The van der Waals surface area contributed by atoms with Gasteiger partial charge in [0.05, 0.1) is 9.82 Å². The Balaban J connectivity index is 2.46. The van der Waals surface area contributed by atoms with Crippen LogP contribution in [0.5, 0.6) is 0 Å². The summed E-state index contributed by atoms with van der Waals surface area (Å²) in [4.78, 5) is 10.4. The van der Waals surface area contributed by atoms with E-state index in [1.165, 1.54) is 12.1 Å². The van der Waals surface area contributed by atoms with Crippen LogP contribution in [0.25, 0.3) is 0 Å². The summed E-state index contributed by atoms with van der Waals surface area (Å²) >= 11 is 0. The summed E-state index contributed by atoms with van der Waals surface area (Å²) in [7, 11) is -3.48. The van der Waals surface area contributed by atoms with Crippen molar-refractivity contribution >= 4 is 26.9 Å². The Morgan fingerprint density at radius 3 is 2.30 bits per heavy atom. The van der Waals surface area contributed by atoms with Gasteiger partial charge in [0.25, 0.3) is 5.69 Å². The van der Waals surface area contributed by atoms with Crippen LogP contribution in [0, 0.1) is 10.1 Å². The molecule has 0 heterocycles. The number of nitro groups is 1. The molecule has 2 aromatic rings. The summed E-state index contributed by atoms with van der Waals surface area (Å²) in [6, 6.07) is 12.7. The van der Waals surface area contributed by atoms with Crippen molar-refractivity contribution in [2.45, 2.75) is 4.90 Å². The monoisotopic (exact) mass is 292 g/mol. The van der Waals surface area contributed by atoms with Crippen molar-refractivity contribution in [2.24, 2.45) is 0 Å². The summed E-state index contributed by atoms with van der Waals surface area (Å²) < 4.78 is 22.9. The second-order valence-electron chi connectivity index (χ2n) is 4.20. The number of hydrogen-bond acceptors (Lipinski definition) is 5. The number of rotatable bonds is 4. The third-order valence-corrected chi connectivity index (χ3v) is 3.76. The molecule has 0 radical (unpaired) electrons. The number of anilines is 2. The molecular formula is C13H12N2O4S. The second kappa shape index (κ2) is 5.30. The van der Waals surface area contributed by atoms with Crippen LogP contribution in [0.4, 0.5) is 17.1 Å². The fourth-order valence-corrected chi connectivity index (χ4v) is 2.32. The third-order valence-electron chi connectivity index (χ3n) is 2.65. The molecule has 2 rings (SSSR count). The summed E-state index contributed by atoms with van der Waals surface area (Å²) in [6.45, 7) is 0. The molecule has 7 heteroatoms. The zero-order chi connectivity index (χ0) is 14.8. The number of sulfone groups is 1. The Morgan fingerprint density at radius 1 is 1.10 bits per heavy atom. The molecule has 104 valence electrons. The molecule has 6 nitrogen and oxygen atoms in total. The maximum Gasteiger partial charge on any atom is 0.293 e. The van der Waals surface area contributed by atoms with Crippen LogP contribution in [0.2, 0.25) is 0 Å². The van der Waals surface area contributed by atoms with E-state index in [1.807, 2.05) is 6.07 Å². The highest BCUT2D eigenvalue weighted by Gasteiger charge is 2.18. The summed E-state index contributed by atoms with van der Waals surface area (Å²) in [5.41, 5.74) is 0.646. The van der Waals surface area contributed by atoms with Gasteiger partial charge in [0, 0.05) is 18.0 Å².